The third-order valence-corrected chi connectivity index (χ3v) is 19.9. The van der Waals surface area contributed by atoms with Gasteiger partial charge in [-0.3, -0.25) is 34.6 Å². The van der Waals surface area contributed by atoms with Crippen LogP contribution in [0.25, 0.3) is 87.9 Å². The highest BCUT2D eigenvalue weighted by Gasteiger charge is 2.29. The van der Waals surface area contributed by atoms with Gasteiger partial charge in [-0.2, -0.15) is 25.5 Å². The van der Waals surface area contributed by atoms with Crippen molar-refractivity contribution in [2.24, 2.45) is 5.92 Å². The van der Waals surface area contributed by atoms with Gasteiger partial charge in [0.2, 0.25) is 20.0 Å². The summed E-state index contributed by atoms with van der Waals surface area (Å²) in [5, 5.41) is 48.3. The molecule has 23 nitrogen and oxygen atoms in total. The van der Waals surface area contributed by atoms with Gasteiger partial charge in [-0.15, -0.1) is 0 Å². The van der Waals surface area contributed by atoms with Crippen molar-refractivity contribution in [1.82, 2.24) is 65.6 Å². The number of rotatable bonds is 13. The molecule has 0 bridgehead atoms. The Morgan fingerprint density at radius 1 is 0.576 bits per heavy atom. The molecule has 30 heteroatoms. The number of nitrogens with one attached hydrogen (secondary N) is 7. The molecular formula is C69H69Cl5N16O7S2. The van der Waals surface area contributed by atoms with Crippen LogP contribution in [0.5, 0.6) is 0 Å². The van der Waals surface area contributed by atoms with E-state index in [-0.39, 0.29) is 17.9 Å². The van der Waals surface area contributed by atoms with Gasteiger partial charge in [-0.25, -0.2) is 30.9 Å². The summed E-state index contributed by atoms with van der Waals surface area (Å²) in [7, 11) is -0.0746. The molecule has 1 amide bonds. The number of H-pyrrole nitrogens is 5. The number of methoxy groups -OCH3 is 1. The van der Waals surface area contributed by atoms with Gasteiger partial charge in [0.05, 0.1) is 95.0 Å². The number of aromatic amines is 5. The maximum Gasteiger partial charge on any atom is 0.337 e. The number of nitrogens with zero attached hydrogens (tertiary/aromatic N) is 9. The molecule has 1 unspecified atom stereocenters. The molecule has 0 spiro atoms. The van der Waals surface area contributed by atoms with Crippen LogP contribution in [0.15, 0.2) is 159 Å². The second-order valence-corrected chi connectivity index (χ2v) is 29.8. The lowest BCUT2D eigenvalue weighted by Crippen LogP contribution is -2.48. The van der Waals surface area contributed by atoms with Gasteiger partial charge in [-0.05, 0) is 144 Å². The zero-order valence-electron chi connectivity index (χ0n) is 54.8. The number of amides is 1. The molecule has 13 aromatic rings. The predicted molar refractivity (Wildman–Crippen MR) is 399 cm³/mol. The van der Waals surface area contributed by atoms with Gasteiger partial charge < -0.3 is 20.3 Å². The number of likely N-dealkylation sites (N-methyl/N-ethyl adjacent to an activating group) is 1. The average Bonchev–Trinajstić information content (AvgIpc) is 1.79. The number of benzene rings is 7. The number of piperidine rings is 1. The van der Waals surface area contributed by atoms with Crippen molar-refractivity contribution in [2.75, 3.05) is 74.9 Å². The van der Waals surface area contributed by atoms with E-state index in [0.29, 0.717) is 60.9 Å². The Morgan fingerprint density at radius 2 is 1.01 bits per heavy atom. The third kappa shape index (κ3) is 17.8. The highest BCUT2D eigenvalue weighted by atomic mass is 35.5. The van der Waals surface area contributed by atoms with Gasteiger partial charge in [0.15, 0.2) is 0 Å². The Kier molecular flexibility index (Phi) is 23.2. The van der Waals surface area contributed by atoms with Crippen LogP contribution < -0.4 is 19.8 Å². The molecule has 0 saturated carbocycles. The van der Waals surface area contributed by atoms with E-state index >= 15 is 0 Å². The molecule has 514 valence electrons. The largest absolute Gasteiger partial charge is 0.465 e. The molecule has 1 aliphatic rings. The molecule has 14 rings (SSSR count). The maximum absolute atomic E-state index is 12.0. The SMILES string of the molecule is CC(C)CNC(=O)c1cc(Cl)cc2[nH]ncc12.CN(C1CCCN(c2cc(Cl)cc3[nH]ncc23)C1)S(C)(=O)=O.CN(c1ccc(-c2cc(Cl)cc3[nH]ncc23)cc1)S(C)(=O)=O.CNc1ccc(-c2cc(Cl)cc3[nH]ncc23)cn1.COC(=O)c1ccc(-c2cc(Cl)cc3[nH]ncc23)cc1. The van der Waals surface area contributed by atoms with E-state index in [9.17, 15) is 26.4 Å². The first kappa shape index (κ1) is 72.4. The zero-order chi connectivity index (χ0) is 70.9. The van der Waals surface area contributed by atoms with Crippen LogP contribution in [0.4, 0.5) is 17.2 Å². The van der Waals surface area contributed by atoms with E-state index in [2.05, 4.69) is 76.2 Å². The molecule has 1 aliphatic heterocycles. The quantitative estimate of drug-likeness (QED) is 0.0528. The number of carbonyl (C=O) groups is 2. The number of halogens is 5. The van der Waals surface area contributed by atoms with Crippen molar-refractivity contribution in [3.05, 3.63) is 195 Å². The highest BCUT2D eigenvalue weighted by molar-refractivity contribution is 7.92. The maximum atomic E-state index is 12.0. The lowest BCUT2D eigenvalue weighted by Gasteiger charge is -2.38. The van der Waals surface area contributed by atoms with Crippen molar-refractivity contribution in [2.45, 2.75) is 32.7 Å². The third-order valence-electron chi connectivity index (χ3n) is 16.3. The summed E-state index contributed by atoms with van der Waals surface area (Å²) >= 11 is 30.5. The fourth-order valence-corrected chi connectivity index (χ4v) is 13.3. The molecule has 0 aliphatic carbocycles. The molecule has 1 saturated heterocycles. The average molecular weight is 1480 g/mol. The van der Waals surface area contributed by atoms with Crippen molar-refractivity contribution in [3.63, 3.8) is 0 Å². The molecule has 7 heterocycles. The summed E-state index contributed by atoms with van der Waals surface area (Å²) in [5.41, 5.74) is 12.9. The van der Waals surface area contributed by atoms with E-state index in [1.54, 1.807) is 74.4 Å². The summed E-state index contributed by atoms with van der Waals surface area (Å²) in [6.07, 6.45) is 14.8. The number of pyridine rings is 1. The van der Waals surface area contributed by atoms with Gasteiger partial charge in [0.25, 0.3) is 5.91 Å². The van der Waals surface area contributed by atoms with Crippen LogP contribution in [0.1, 0.15) is 47.4 Å². The van der Waals surface area contributed by atoms with Crippen LogP contribution in [0, 0.1) is 5.92 Å². The van der Waals surface area contributed by atoms with Crippen molar-refractivity contribution in [3.8, 4) is 33.4 Å². The Balaban J connectivity index is 0.000000134. The number of carbonyl (C=O) groups excluding carboxylic acids is 2. The molecule has 1 fully saturated rings. The van der Waals surface area contributed by atoms with E-state index < -0.39 is 20.0 Å². The minimum Gasteiger partial charge on any atom is -0.465 e. The number of hydrogen-bond acceptors (Lipinski definition) is 15. The van der Waals surface area contributed by atoms with Crippen LogP contribution in [-0.2, 0) is 24.8 Å². The lowest BCUT2D eigenvalue weighted by molar-refractivity contribution is 0.0600. The summed E-state index contributed by atoms with van der Waals surface area (Å²) in [4.78, 5) is 29.9. The monoisotopic (exact) mass is 1470 g/mol. The van der Waals surface area contributed by atoms with E-state index in [4.69, 9.17) is 58.0 Å². The van der Waals surface area contributed by atoms with Gasteiger partial charge in [-0.1, -0.05) is 96.1 Å². The van der Waals surface area contributed by atoms with Crippen molar-refractivity contribution in [1.29, 1.82) is 0 Å². The highest BCUT2D eigenvalue weighted by Crippen LogP contribution is 2.36. The Morgan fingerprint density at radius 3 is 1.46 bits per heavy atom. The molecule has 7 aromatic carbocycles. The molecular weight excluding hydrogens is 1410 g/mol. The van der Waals surface area contributed by atoms with Gasteiger partial charge >= 0.3 is 5.97 Å². The molecule has 0 radical (unpaired) electrons. The zero-order valence-corrected chi connectivity index (χ0v) is 60.2. The Bertz CT molecular complexity index is 5240. The normalized spacial score (nSPS) is 13.1. The van der Waals surface area contributed by atoms with E-state index in [0.717, 1.165) is 119 Å². The molecule has 99 heavy (non-hydrogen) atoms. The molecule has 7 N–H and O–H groups in total. The summed E-state index contributed by atoms with van der Waals surface area (Å²) in [6.45, 7) is 6.28. The summed E-state index contributed by atoms with van der Waals surface area (Å²) < 4.78 is 54.1. The van der Waals surface area contributed by atoms with Crippen molar-refractivity contribution < 1.29 is 31.2 Å². The summed E-state index contributed by atoms with van der Waals surface area (Å²) in [6, 6.07) is 36.8. The van der Waals surface area contributed by atoms with E-state index in [1.165, 1.54) is 35.3 Å². The first-order chi connectivity index (χ1) is 47.3. The number of sulfonamides is 2. The lowest BCUT2D eigenvalue weighted by atomic mass is 10.0. The smallest absolute Gasteiger partial charge is 0.337 e. The Hall–Kier alpha value is -9.31. The van der Waals surface area contributed by atoms with Gasteiger partial charge in [0.1, 0.15) is 5.82 Å². The number of anilines is 3. The number of hydrogen-bond donors (Lipinski definition) is 7. The van der Waals surface area contributed by atoms with Crippen LogP contribution in [0.3, 0.4) is 0 Å². The number of fused-ring (bicyclic) bond motifs is 5. The van der Waals surface area contributed by atoms with Crippen molar-refractivity contribution >= 4 is 162 Å². The summed E-state index contributed by atoms with van der Waals surface area (Å²) in [5.74, 6) is 0.783. The number of ether oxygens (including phenoxy) is 1. The standard InChI is InChI=1S/C15H14ClN3O2S.C15H11ClN2O2.C14H19ClN4O2S.C13H11ClN4.C12H14ClN3O/c1-19(22(2,20)21)12-5-3-10(4-6-12)13-7-11(16)8-15-14(13)9-17-18-15;1-20-15(19)10-4-2-9(3-5-10)12-6-11(16)7-14-13(12)8-17-18-14;1-18(22(2,20)21)11-4-3-5-19(9-11)14-7-10(15)6-13-12(14)8-16-17-13;1-15-13-3-2-8(6-16-13)10-4-9(14)5-12-11(10)7-17-18-12;1-7(2)5-14-12(17)9-3-8(13)4-11-10(9)6-15-16-11/h3-9H,1-2H3,(H,17,18);2-8H,1H3,(H,17,18);6-8,11H,3-5,9H2,1-2H3,(H,16,17);2-7H,1H3,(H,15,16)(H,17,18);3-4,6-7H,5H2,1-2H3,(H,14,17)(H,15,16). The fourth-order valence-electron chi connectivity index (χ4n) is 11.0. The molecule has 1 atom stereocenters. The minimum atomic E-state index is -3.27. The first-order valence-electron chi connectivity index (χ1n) is 30.7. The van der Waals surface area contributed by atoms with Crippen LogP contribution in [-0.4, -0.2) is 155 Å². The first-order valence-corrected chi connectivity index (χ1v) is 36.3. The molecule has 6 aromatic heterocycles. The topological polar surface area (TPSA) is 302 Å². The second kappa shape index (κ2) is 31.7. The number of aromatic nitrogens is 11. The Labute approximate surface area is 596 Å². The predicted octanol–water partition coefficient (Wildman–Crippen LogP) is 14.9. The number of esters is 1. The second-order valence-electron chi connectivity index (χ2n) is 23.5. The fraction of sp³-hybridized carbons (Fsp3) is 0.217. The van der Waals surface area contributed by atoms with Crippen LogP contribution >= 0.6 is 58.0 Å². The van der Waals surface area contributed by atoms with Crippen LogP contribution in [0.2, 0.25) is 25.1 Å². The minimum absolute atomic E-state index is 0.0234. The van der Waals surface area contributed by atoms with Gasteiger partial charge in [0, 0.05) is 116 Å². The van der Waals surface area contributed by atoms with E-state index in [1.807, 2.05) is 112 Å².